The summed E-state index contributed by atoms with van der Waals surface area (Å²) in [4.78, 5) is 29.3. The zero-order valence-corrected chi connectivity index (χ0v) is 16.0. The van der Waals surface area contributed by atoms with E-state index in [2.05, 4.69) is 10.3 Å². The van der Waals surface area contributed by atoms with Crippen LogP contribution in [0.1, 0.15) is 43.5 Å². The molecule has 1 amide bonds. The summed E-state index contributed by atoms with van der Waals surface area (Å²) in [6.07, 6.45) is 0.277. The van der Waals surface area contributed by atoms with Crippen molar-refractivity contribution >= 4 is 17.7 Å². The van der Waals surface area contributed by atoms with Crippen LogP contribution in [-0.4, -0.2) is 28.3 Å². The van der Waals surface area contributed by atoms with Crippen molar-refractivity contribution in [3.8, 4) is 5.75 Å². The van der Waals surface area contributed by atoms with Gasteiger partial charge in [0.1, 0.15) is 5.75 Å². The third-order valence-corrected chi connectivity index (χ3v) is 5.47. The lowest BCUT2D eigenvalue weighted by Gasteiger charge is -2.14. The van der Waals surface area contributed by atoms with E-state index in [1.54, 1.807) is 29.5 Å². The maximum absolute atomic E-state index is 12.4. The predicted octanol–water partition coefficient (Wildman–Crippen LogP) is 2.73. The molecule has 26 heavy (non-hydrogen) atoms. The van der Waals surface area contributed by atoms with Gasteiger partial charge in [0.2, 0.25) is 5.91 Å². The van der Waals surface area contributed by atoms with Crippen molar-refractivity contribution in [1.82, 2.24) is 14.9 Å². The van der Waals surface area contributed by atoms with Crippen molar-refractivity contribution < 1.29 is 9.53 Å². The molecule has 1 aliphatic heterocycles. The van der Waals surface area contributed by atoms with Crippen molar-refractivity contribution in [1.29, 1.82) is 0 Å². The van der Waals surface area contributed by atoms with Crippen LogP contribution in [0.3, 0.4) is 0 Å². The van der Waals surface area contributed by atoms with Gasteiger partial charge in [-0.05, 0) is 23.6 Å². The summed E-state index contributed by atoms with van der Waals surface area (Å²) in [7, 11) is 1.62. The van der Waals surface area contributed by atoms with E-state index in [1.165, 1.54) is 0 Å². The van der Waals surface area contributed by atoms with Gasteiger partial charge in [-0.2, -0.15) is 0 Å². The van der Waals surface area contributed by atoms with Crippen LogP contribution in [0.4, 0.5) is 0 Å². The summed E-state index contributed by atoms with van der Waals surface area (Å²) in [6.45, 7) is 4.49. The smallest absolute Gasteiger partial charge is 0.254 e. The van der Waals surface area contributed by atoms with E-state index in [0.29, 0.717) is 17.5 Å². The van der Waals surface area contributed by atoms with Gasteiger partial charge in [-0.3, -0.25) is 14.2 Å². The minimum atomic E-state index is -0.146. The van der Waals surface area contributed by atoms with Crippen LogP contribution in [0.25, 0.3) is 0 Å². The summed E-state index contributed by atoms with van der Waals surface area (Å²) in [5.41, 5.74) is 1.73. The normalized spacial score (nSPS) is 15.8. The van der Waals surface area contributed by atoms with E-state index in [1.807, 2.05) is 38.1 Å². The number of amides is 1. The van der Waals surface area contributed by atoms with Crippen molar-refractivity contribution in [2.24, 2.45) is 0 Å². The summed E-state index contributed by atoms with van der Waals surface area (Å²) >= 11 is 1.54. The quantitative estimate of drug-likeness (QED) is 0.788. The highest BCUT2D eigenvalue weighted by Gasteiger charge is 2.27. The minimum Gasteiger partial charge on any atom is -0.497 e. The maximum Gasteiger partial charge on any atom is 0.254 e. The second-order valence-electron chi connectivity index (χ2n) is 6.62. The number of nitrogens with zero attached hydrogens (tertiary/aromatic N) is 2. The number of ether oxygens (including phenoxy) is 1. The number of nitrogens with one attached hydrogen (secondary N) is 1. The average Bonchev–Trinajstić information content (AvgIpc) is 3.03. The largest absolute Gasteiger partial charge is 0.497 e. The van der Waals surface area contributed by atoms with Gasteiger partial charge in [0.05, 0.1) is 18.8 Å². The maximum atomic E-state index is 12.4. The summed E-state index contributed by atoms with van der Waals surface area (Å²) in [5, 5.41) is 3.64. The molecule has 3 rings (SSSR count). The zero-order chi connectivity index (χ0) is 18.7. The standard InChI is InChI=1S/C19H23N3O3S/c1-12(2)16-9-18(24)22-14(11-26-19(22)21-16)8-17(23)20-10-13-4-6-15(25-3)7-5-13/h4-7,9,12,14H,8,10-11H2,1-3H3,(H,20,23). The van der Waals surface area contributed by atoms with Crippen molar-refractivity contribution in [3.63, 3.8) is 0 Å². The molecule has 0 radical (unpaired) electrons. The number of thioether (sulfide) groups is 1. The van der Waals surface area contributed by atoms with Gasteiger partial charge in [0, 0.05) is 24.8 Å². The number of hydrogen-bond donors (Lipinski definition) is 1. The van der Waals surface area contributed by atoms with Crippen LogP contribution in [-0.2, 0) is 11.3 Å². The van der Waals surface area contributed by atoms with E-state index in [-0.39, 0.29) is 29.8 Å². The first-order valence-electron chi connectivity index (χ1n) is 8.64. The van der Waals surface area contributed by atoms with E-state index in [9.17, 15) is 9.59 Å². The van der Waals surface area contributed by atoms with Gasteiger partial charge in [-0.15, -0.1) is 0 Å². The molecule has 0 spiro atoms. The Morgan fingerprint density at radius 3 is 2.77 bits per heavy atom. The SMILES string of the molecule is COc1ccc(CNC(=O)CC2CSc3nc(C(C)C)cc(=O)n32)cc1. The topological polar surface area (TPSA) is 73.2 Å². The summed E-state index contributed by atoms with van der Waals surface area (Å²) in [6, 6.07) is 9.00. The van der Waals surface area contributed by atoms with Crippen LogP contribution in [0, 0.1) is 0 Å². The van der Waals surface area contributed by atoms with Gasteiger partial charge in [0.15, 0.2) is 5.16 Å². The highest BCUT2D eigenvalue weighted by molar-refractivity contribution is 7.99. The van der Waals surface area contributed by atoms with Crippen LogP contribution in [0.15, 0.2) is 40.3 Å². The molecule has 7 heteroatoms. The van der Waals surface area contributed by atoms with E-state index < -0.39 is 0 Å². The van der Waals surface area contributed by atoms with E-state index in [4.69, 9.17) is 4.74 Å². The third-order valence-electron chi connectivity index (χ3n) is 4.37. The lowest BCUT2D eigenvalue weighted by molar-refractivity contribution is -0.121. The molecule has 6 nitrogen and oxygen atoms in total. The van der Waals surface area contributed by atoms with E-state index in [0.717, 1.165) is 17.0 Å². The molecule has 0 saturated heterocycles. The highest BCUT2D eigenvalue weighted by atomic mass is 32.2. The lowest BCUT2D eigenvalue weighted by Crippen LogP contribution is -2.30. The van der Waals surface area contributed by atoms with Gasteiger partial charge in [0.25, 0.3) is 5.56 Å². The van der Waals surface area contributed by atoms with Gasteiger partial charge in [-0.1, -0.05) is 37.7 Å². The predicted molar refractivity (Wildman–Crippen MR) is 102 cm³/mol. The molecule has 1 aromatic carbocycles. The number of carbonyl (C=O) groups is 1. The van der Waals surface area contributed by atoms with Gasteiger partial charge in [-0.25, -0.2) is 4.98 Å². The first-order chi connectivity index (χ1) is 12.5. The number of fused-ring (bicyclic) bond motifs is 1. The minimum absolute atomic E-state index is 0.0703. The molecule has 0 saturated carbocycles. The zero-order valence-electron chi connectivity index (χ0n) is 15.2. The number of aromatic nitrogens is 2. The fourth-order valence-electron chi connectivity index (χ4n) is 2.85. The molecule has 1 N–H and O–H groups in total. The van der Waals surface area contributed by atoms with Crippen LogP contribution < -0.4 is 15.6 Å². The van der Waals surface area contributed by atoms with Crippen LogP contribution in [0.5, 0.6) is 5.75 Å². The Bertz CT molecular complexity index is 846. The van der Waals surface area contributed by atoms with Gasteiger partial charge >= 0.3 is 0 Å². The summed E-state index contributed by atoms with van der Waals surface area (Å²) < 4.78 is 6.78. The number of methoxy groups -OCH3 is 1. The Balaban J connectivity index is 1.62. The fourth-order valence-corrected chi connectivity index (χ4v) is 4.00. The fraction of sp³-hybridized carbons (Fsp3) is 0.421. The van der Waals surface area contributed by atoms with Crippen molar-refractivity contribution in [2.75, 3.05) is 12.9 Å². The first-order valence-corrected chi connectivity index (χ1v) is 9.62. The van der Waals surface area contributed by atoms with Crippen molar-refractivity contribution in [3.05, 3.63) is 51.9 Å². The Morgan fingerprint density at radius 2 is 2.12 bits per heavy atom. The Hall–Kier alpha value is -2.28. The molecule has 0 fully saturated rings. The average molecular weight is 373 g/mol. The number of carbonyl (C=O) groups excluding carboxylic acids is 1. The number of hydrogen-bond acceptors (Lipinski definition) is 5. The molecular weight excluding hydrogens is 350 g/mol. The Kier molecular flexibility index (Phi) is 5.66. The second-order valence-corrected chi connectivity index (χ2v) is 7.61. The third kappa shape index (κ3) is 4.09. The number of benzene rings is 1. The molecule has 1 aliphatic rings. The number of rotatable bonds is 6. The Morgan fingerprint density at radius 1 is 1.38 bits per heavy atom. The monoisotopic (exact) mass is 373 g/mol. The summed E-state index contributed by atoms with van der Waals surface area (Å²) in [5.74, 6) is 1.62. The second kappa shape index (κ2) is 7.95. The highest BCUT2D eigenvalue weighted by Crippen LogP contribution is 2.32. The molecule has 1 unspecified atom stereocenters. The first kappa shape index (κ1) is 18.5. The molecule has 1 atom stereocenters. The molecule has 2 heterocycles. The molecule has 0 aliphatic carbocycles. The molecule has 1 aromatic heterocycles. The lowest BCUT2D eigenvalue weighted by atomic mass is 10.1. The molecular formula is C19H23N3O3S. The molecule has 0 bridgehead atoms. The van der Waals surface area contributed by atoms with Gasteiger partial charge < -0.3 is 10.1 Å². The van der Waals surface area contributed by atoms with Crippen LogP contribution >= 0.6 is 11.8 Å². The molecule has 2 aromatic rings. The van der Waals surface area contributed by atoms with Crippen molar-refractivity contribution in [2.45, 2.75) is 43.9 Å². The Labute approximate surface area is 157 Å². The van der Waals surface area contributed by atoms with Crippen LogP contribution in [0.2, 0.25) is 0 Å². The molecule has 138 valence electrons. The van der Waals surface area contributed by atoms with E-state index >= 15 is 0 Å².